The van der Waals surface area contributed by atoms with E-state index in [1.807, 2.05) is 0 Å². The lowest BCUT2D eigenvalue weighted by Gasteiger charge is -1.93. The maximum Gasteiger partial charge on any atom is 0.272 e. The zero-order chi connectivity index (χ0) is 8.81. The Labute approximate surface area is 69.0 Å². The first-order valence-corrected chi connectivity index (χ1v) is 3.24. The molecule has 0 unspecified atom stereocenters. The second-order valence-electron chi connectivity index (χ2n) is 1.88. The fourth-order valence-corrected chi connectivity index (χ4v) is 0.604. The smallest absolute Gasteiger partial charge is 0.272 e. The van der Waals surface area contributed by atoms with E-state index in [1.165, 1.54) is 13.4 Å². The maximum absolute atomic E-state index is 10.9. The molecule has 0 saturated heterocycles. The van der Waals surface area contributed by atoms with Gasteiger partial charge < -0.3 is 9.25 Å². The minimum absolute atomic E-state index is 0.377. The van der Waals surface area contributed by atoms with Crippen molar-refractivity contribution in [2.75, 3.05) is 12.4 Å². The second-order valence-corrected chi connectivity index (χ2v) is 1.88. The molecule has 1 aromatic heterocycles. The van der Waals surface area contributed by atoms with E-state index in [0.717, 1.165) is 6.21 Å². The lowest BCUT2D eigenvalue weighted by molar-refractivity contribution is -0.110. The fourth-order valence-electron chi connectivity index (χ4n) is 0.604. The Kier molecular flexibility index (Phi) is 2.89. The van der Waals surface area contributed by atoms with Crippen LogP contribution in [0.25, 0.3) is 0 Å². The fraction of sp³-hybridized carbons (Fsp3) is 0.143. The zero-order valence-electron chi connectivity index (χ0n) is 6.48. The third-order valence-corrected chi connectivity index (χ3v) is 1.04. The van der Waals surface area contributed by atoms with Crippen molar-refractivity contribution in [3.05, 3.63) is 18.4 Å². The van der Waals surface area contributed by atoms with Crippen LogP contribution in [0.15, 0.2) is 28.0 Å². The van der Waals surface area contributed by atoms with E-state index >= 15 is 0 Å². The predicted octanol–water partition coefficient (Wildman–Crippen LogP) is 0.850. The average molecular weight is 168 g/mol. The second kappa shape index (κ2) is 4.17. The molecule has 64 valence electrons. The van der Waals surface area contributed by atoms with Crippen molar-refractivity contribution in [3.8, 4) is 0 Å². The van der Waals surface area contributed by atoms with Crippen LogP contribution in [0.2, 0.25) is 0 Å². The highest BCUT2D eigenvalue weighted by atomic mass is 16.6. The normalized spacial score (nSPS) is 10.1. The molecule has 0 atom stereocenters. The summed E-state index contributed by atoms with van der Waals surface area (Å²) in [6.07, 6.45) is 2.48. The van der Waals surface area contributed by atoms with Crippen LogP contribution in [0.1, 0.15) is 0 Å². The van der Waals surface area contributed by atoms with Crippen LogP contribution >= 0.6 is 0 Å². The van der Waals surface area contributed by atoms with Gasteiger partial charge in [-0.1, -0.05) is 5.16 Å². The molecule has 0 bridgehead atoms. The first-order chi connectivity index (χ1) is 5.83. The number of nitrogens with zero attached hydrogens (tertiary/aromatic N) is 1. The monoisotopic (exact) mass is 168 g/mol. The molecular weight excluding hydrogens is 160 g/mol. The summed E-state index contributed by atoms with van der Waals surface area (Å²) < 4.78 is 4.85. The Balaban J connectivity index is 2.42. The van der Waals surface area contributed by atoms with Gasteiger partial charge in [0.15, 0.2) is 5.88 Å². The van der Waals surface area contributed by atoms with Crippen LogP contribution < -0.4 is 5.32 Å². The Morgan fingerprint density at radius 3 is 3.25 bits per heavy atom. The summed E-state index contributed by atoms with van der Waals surface area (Å²) in [5.41, 5.74) is 0. The minimum Gasteiger partial charge on any atom is -0.449 e. The number of amides is 1. The first kappa shape index (κ1) is 8.32. The van der Waals surface area contributed by atoms with Crippen molar-refractivity contribution in [1.29, 1.82) is 0 Å². The number of nitrogens with one attached hydrogen (secondary N) is 1. The van der Waals surface area contributed by atoms with E-state index in [4.69, 9.17) is 4.42 Å². The van der Waals surface area contributed by atoms with E-state index in [9.17, 15) is 4.79 Å². The molecule has 0 fully saturated rings. The molecule has 0 aliphatic carbocycles. The molecule has 0 aromatic carbocycles. The number of carbonyl (C=O) groups excluding carboxylic acids is 1. The van der Waals surface area contributed by atoms with Crippen LogP contribution in [0.3, 0.4) is 0 Å². The summed E-state index contributed by atoms with van der Waals surface area (Å²) in [7, 11) is 1.36. The molecule has 1 rings (SSSR count). The predicted molar refractivity (Wildman–Crippen MR) is 42.8 cm³/mol. The average Bonchev–Trinajstić information content (AvgIpc) is 2.53. The SMILES string of the molecule is CO/N=C/C(=O)Nc1ccco1. The van der Waals surface area contributed by atoms with Gasteiger partial charge in [-0.3, -0.25) is 10.1 Å². The van der Waals surface area contributed by atoms with E-state index < -0.39 is 5.91 Å². The van der Waals surface area contributed by atoms with Gasteiger partial charge in [0.2, 0.25) is 0 Å². The summed E-state index contributed by atoms with van der Waals surface area (Å²) in [5.74, 6) is -0.0191. The molecular formula is C7H8N2O3. The van der Waals surface area contributed by atoms with Gasteiger partial charge in [-0.2, -0.15) is 0 Å². The molecule has 5 heteroatoms. The number of anilines is 1. The molecule has 1 heterocycles. The van der Waals surface area contributed by atoms with Gasteiger partial charge in [0, 0.05) is 6.07 Å². The lowest BCUT2D eigenvalue weighted by atomic mass is 10.6. The summed E-state index contributed by atoms with van der Waals surface area (Å²) in [5, 5.41) is 5.70. The molecule has 0 aliphatic rings. The quantitative estimate of drug-likeness (QED) is 0.537. The van der Waals surface area contributed by atoms with Crippen LogP contribution in [0.5, 0.6) is 0 Å². The minimum atomic E-state index is -0.396. The highest BCUT2D eigenvalue weighted by Gasteiger charge is 1.99. The number of oxime groups is 1. The number of rotatable bonds is 3. The molecule has 5 nitrogen and oxygen atoms in total. The van der Waals surface area contributed by atoms with E-state index in [2.05, 4.69) is 15.3 Å². The van der Waals surface area contributed by atoms with Crippen molar-refractivity contribution in [1.82, 2.24) is 0 Å². The third kappa shape index (κ3) is 2.45. The van der Waals surface area contributed by atoms with Gasteiger partial charge in [-0.05, 0) is 6.07 Å². The number of furan rings is 1. The Morgan fingerprint density at radius 1 is 1.83 bits per heavy atom. The number of hydrogen-bond donors (Lipinski definition) is 1. The zero-order valence-corrected chi connectivity index (χ0v) is 6.48. The summed E-state index contributed by atoms with van der Waals surface area (Å²) in [4.78, 5) is 15.2. The van der Waals surface area contributed by atoms with Crippen LogP contribution in [-0.2, 0) is 9.63 Å². The van der Waals surface area contributed by atoms with Crippen molar-refractivity contribution in [2.24, 2.45) is 5.16 Å². The molecule has 0 spiro atoms. The topological polar surface area (TPSA) is 63.8 Å². The number of carbonyl (C=O) groups is 1. The molecule has 0 aliphatic heterocycles. The van der Waals surface area contributed by atoms with Gasteiger partial charge in [0.1, 0.15) is 13.3 Å². The Hall–Kier alpha value is -1.78. The van der Waals surface area contributed by atoms with Crippen molar-refractivity contribution in [2.45, 2.75) is 0 Å². The third-order valence-electron chi connectivity index (χ3n) is 1.04. The van der Waals surface area contributed by atoms with E-state index in [1.54, 1.807) is 12.1 Å². The van der Waals surface area contributed by atoms with Gasteiger partial charge in [-0.15, -0.1) is 0 Å². The summed E-state index contributed by atoms with van der Waals surface area (Å²) in [6, 6.07) is 3.29. The Bertz CT molecular complexity index is 266. The highest BCUT2D eigenvalue weighted by Crippen LogP contribution is 2.05. The van der Waals surface area contributed by atoms with Gasteiger partial charge in [-0.25, -0.2) is 0 Å². The molecule has 1 N–H and O–H groups in total. The Morgan fingerprint density at radius 2 is 2.67 bits per heavy atom. The van der Waals surface area contributed by atoms with E-state index in [-0.39, 0.29) is 0 Å². The van der Waals surface area contributed by atoms with Crippen molar-refractivity contribution >= 4 is 18.0 Å². The number of hydrogen-bond acceptors (Lipinski definition) is 4. The molecule has 1 aromatic rings. The van der Waals surface area contributed by atoms with Crippen molar-refractivity contribution in [3.63, 3.8) is 0 Å². The van der Waals surface area contributed by atoms with Crippen LogP contribution in [0.4, 0.5) is 5.88 Å². The molecule has 12 heavy (non-hydrogen) atoms. The highest BCUT2D eigenvalue weighted by molar-refractivity contribution is 6.31. The maximum atomic E-state index is 10.9. The van der Waals surface area contributed by atoms with Gasteiger partial charge in [0.05, 0.1) is 6.26 Å². The van der Waals surface area contributed by atoms with E-state index in [0.29, 0.717) is 5.88 Å². The largest absolute Gasteiger partial charge is 0.449 e. The summed E-state index contributed by atoms with van der Waals surface area (Å²) in [6.45, 7) is 0. The van der Waals surface area contributed by atoms with Crippen LogP contribution in [0, 0.1) is 0 Å². The van der Waals surface area contributed by atoms with Gasteiger partial charge in [0.25, 0.3) is 5.91 Å². The first-order valence-electron chi connectivity index (χ1n) is 3.24. The summed E-state index contributed by atoms with van der Waals surface area (Å²) >= 11 is 0. The molecule has 0 radical (unpaired) electrons. The molecule has 0 saturated carbocycles. The standard InChI is InChI=1S/C7H8N2O3/c1-11-8-5-6(10)9-7-3-2-4-12-7/h2-5H,1H3,(H,9,10)/b8-5+. The van der Waals surface area contributed by atoms with Gasteiger partial charge >= 0.3 is 0 Å². The van der Waals surface area contributed by atoms with Crippen LogP contribution in [-0.4, -0.2) is 19.2 Å². The lowest BCUT2D eigenvalue weighted by Crippen LogP contribution is -2.11. The molecule has 1 amide bonds. The van der Waals surface area contributed by atoms with Crippen molar-refractivity contribution < 1.29 is 14.0 Å².